The predicted octanol–water partition coefficient (Wildman–Crippen LogP) is 2.31. The molecule has 0 aliphatic rings. The van der Waals surface area contributed by atoms with E-state index in [9.17, 15) is 4.39 Å². The largest absolute Gasteiger partial charge is 0.373 e. The highest BCUT2D eigenvalue weighted by Crippen LogP contribution is 2.24. The third kappa shape index (κ3) is 2.47. The van der Waals surface area contributed by atoms with Crippen molar-refractivity contribution in [1.29, 1.82) is 0 Å². The van der Waals surface area contributed by atoms with Crippen LogP contribution in [0.15, 0.2) is 0 Å². The summed E-state index contributed by atoms with van der Waals surface area (Å²) in [5.41, 5.74) is 0.331. The number of methoxy groups -OCH3 is 1. The summed E-state index contributed by atoms with van der Waals surface area (Å²) in [6.07, 6.45) is -0.216. The molecule has 1 aromatic heterocycles. The monoisotopic (exact) mass is 227 g/mol. The van der Waals surface area contributed by atoms with Crippen molar-refractivity contribution in [2.45, 2.75) is 26.9 Å². The molecule has 0 amide bonds. The number of nitrogens with one attached hydrogen (secondary N) is 1. The average molecular weight is 227 g/mol. The maximum Gasteiger partial charge on any atom is 0.186 e. The van der Waals surface area contributed by atoms with Crippen molar-refractivity contribution in [3.63, 3.8) is 0 Å². The maximum absolute atomic E-state index is 13.5. The Morgan fingerprint density at radius 2 is 1.94 bits per heavy atom. The molecule has 0 aromatic carbocycles. The van der Waals surface area contributed by atoms with Gasteiger partial charge in [0, 0.05) is 14.2 Å². The molecule has 0 saturated carbocycles. The molecule has 90 valence electrons. The average Bonchev–Trinajstić information content (AvgIpc) is 2.23. The summed E-state index contributed by atoms with van der Waals surface area (Å²) < 4.78 is 18.8. The van der Waals surface area contributed by atoms with Gasteiger partial charge in [-0.1, -0.05) is 13.8 Å². The number of aryl methyl sites for hydroxylation is 1. The van der Waals surface area contributed by atoms with E-state index in [1.807, 2.05) is 13.8 Å². The second-order valence-electron chi connectivity index (χ2n) is 3.98. The Hall–Kier alpha value is -1.23. The summed E-state index contributed by atoms with van der Waals surface area (Å²) in [4.78, 5) is 8.24. The molecule has 0 bridgehead atoms. The van der Waals surface area contributed by atoms with Gasteiger partial charge in [-0.05, 0) is 12.8 Å². The van der Waals surface area contributed by atoms with Crippen LogP contribution in [0, 0.1) is 18.7 Å². The van der Waals surface area contributed by atoms with Gasteiger partial charge in [0.2, 0.25) is 0 Å². The minimum absolute atomic E-state index is 0.213. The van der Waals surface area contributed by atoms with Gasteiger partial charge in [-0.15, -0.1) is 0 Å². The molecule has 1 unspecified atom stereocenters. The highest BCUT2D eigenvalue weighted by Gasteiger charge is 2.21. The zero-order valence-corrected chi connectivity index (χ0v) is 10.3. The molecule has 1 heterocycles. The van der Waals surface area contributed by atoms with Gasteiger partial charge < -0.3 is 10.1 Å². The summed E-state index contributed by atoms with van der Waals surface area (Å²) in [5.74, 6) is 0.551. The van der Waals surface area contributed by atoms with Crippen molar-refractivity contribution in [3.05, 3.63) is 17.3 Å². The van der Waals surface area contributed by atoms with Gasteiger partial charge in [0.1, 0.15) is 6.10 Å². The first-order chi connectivity index (χ1) is 7.51. The van der Waals surface area contributed by atoms with Crippen LogP contribution in [0.2, 0.25) is 0 Å². The number of rotatable bonds is 4. The number of hydrogen-bond donors (Lipinski definition) is 1. The van der Waals surface area contributed by atoms with E-state index in [1.54, 1.807) is 21.1 Å². The van der Waals surface area contributed by atoms with Crippen LogP contribution >= 0.6 is 0 Å². The van der Waals surface area contributed by atoms with E-state index in [4.69, 9.17) is 4.74 Å². The van der Waals surface area contributed by atoms with Gasteiger partial charge in [0.15, 0.2) is 17.5 Å². The number of ether oxygens (including phenoxy) is 1. The van der Waals surface area contributed by atoms with Crippen molar-refractivity contribution < 1.29 is 9.13 Å². The molecular formula is C11H18FN3O. The van der Waals surface area contributed by atoms with Gasteiger partial charge >= 0.3 is 0 Å². The molecule has 0 aliphatic heterocycles. The molecule has 1 aromatic rings. The lowest BCUT2D eigenvalue weighted by Gasteiger charge is -2.19. The maximum atomic E-state index is 13.5. The summed E-state index contributed by atoms with van der Waals surface area (Å²) in [6, 6.07) is 0. The first kappa shape index (κ1) is 12.8. The minimum atomic E-state index is -0.412. The smallest absolute Gasteiger partial charge is 0.186 e. The summed E-state index contributed by atoms with van der Waals surface area (Å²) in [5, 5.41) is 2.71. The quantitative estimate of drug-likeness (QED) is 0.857. The van der Waals surface area contributed by atoms with E-state index in [0.717, 1.165) is 0 Å². The lowest BCUT2D eigenvalue weighted by molar-refractivity contribution is 0.0573. The fraction of sp³-hybridized carbons (Fsp3) is 0.636. The molecule has 0 spiro atoms. The normalized spacial score (nSPS) is 12.9. The van der Waals surface area contributed by atoms with E-state index in [0.29, 0.717) is 11.5 Å². The SMILES string of the molecule is CNc1nc(C(OC)C(C)C)nc(C)c1F. The fourth-order valence-electron chi connectivity index (χ4n) is 1.55. The molecule has 0 radical (unpaired) electrons. The molecule has 1 rings (SSSR count). The summed E-state index contributed by atoms with van der Waals surface area (Å²) in [7, 11) is 3.23. The second kappa shape index (κ2) is 5.21. The molecule has 5 heteroatoms. The van der Waals surface area contributed by atoms with Crippen molar-refractivity contribution in [1.82, 2.24) is 9.97 Å². The Morgan fingerprint density at radius 1 is 1.31 bits per heavy atom. The van der Waals surface area contributed by atoms with Gasteiger partial charge in [-0.25, -0.2) is 14.4 Å². The Bertz CT molecular complexity index is 368. The van der Waals surface area contributed by atoms with E-state index in [-0.39, 0.29) is 17.8 Å². The topological polar surface area (TPSA) is 47.0 Å². The van der Waals surface area contributed by atoms with Gasteiger partial charge in [-0.3, -0.25) is 0 Å². The summed E-state index contributed by atoms with van der Waals surface area (Å²) in [6.45, 7) is 5.64. The Labute approximate surface area is 95.3 Å². The lowest BCUT2D eigenvalue weighted by Crippen LogP contribution is -2.15. The van der Waals surface area contributed by atoms with Crippen LogP contribution in [0.3, 0.4) is 0 Å². The van der Waals surface area contributed by atoms with E-state index in [2.05, 4.69) is 15.3 Å². The van der Waals surface area contributed by atoms with E-state index in [1.165, 1.54) is 0 Å². The molecule has 1 N–H and O–H groups in total. The fourth-order valence-corrected chi connectivity index (χ4v) is 1.55. The molecule has 0 saturated heterocycles. The summed E-state index contributed by atoms with van der Waals surface area (Å²) >= 11 is 0. The molecule has 4 nitrogen and oxygen atoms in total. The third-order valence-electron chi connectivity index (χ3n) is 2.38. The number of anilines is 1. The zero-order valence-electron chi connectivity index (χ0n) is 10.3. The second-order valence-corrected chi connectivity index (χ2v) is 3.98. The first-order valence-electron chi connectivity index (χ1n) is 5.25. The van der Waals surface area contributed by atoms with Gasteiger partial charge in [0.05, 0.1) is 5.69 Å². The van der Waals surface area contributed by atoms with E-state index < -0.39 is 5.82 Å². The number of hydrogen-bond acceptors (Lipinski definition) is 4. The van der Waals surface area contributed by atoms with Crippen LogP contribution in [0.25, 0.3) is 0 Å². The van der Waals surface area contributed by atoms with Crippen LogP contribution in [-0.4, -0.2) is 24.1 Å². The number of nitrogens with zero attached hydrogens (tertiary/aromatic N) is 2. The van der Waals surface area contributed by atoms with Crippen LogP contribution in [-0.2, 0) is 4.74 Å². The molecule has 0 aliphatic carbocycles. The Kier molecular flexibility index (Phi) is 4.18. The van der Waals surface area contributed by atoms with Crippen molar-refractivity contribution in [2.24, 2.45) is 5.92 Å². The molecule has 0 fully saturated rings. The number of aromatic nitrogens is 2. The standard InChI is InChI=1S/C11H18FN3O/c1-6(2)9(16-5)11-14-7(3)8(12)10(13-4)15-11/h6,9H,1-5H3,(H,13,14,15). The molecule has 16 heavy (non-hydrogen) atoms. The molecular weight excluding hydrogens is 209 g/mol. The lowest BCUT2D eigenvalue weighted by atomic mass is 10.1. The highest BCUT2D eigenvalue weighted by molar-refractivity contribution is 5.37. The molecule has 1 atom stereocenters. The minimum Gasteiger partial charge on any atom is -0.373 e. The van der Waals surface area contributed by atoms with Gasteiger partial charge in [0.25, 0.3) is 0 Å². The first-order valence-corrected chi connectivity index (χ1v) is 5.25. The predicted molar refractivity (Wildman–Crippen MR) is 60.9 cm³/mol. The Morgan fingerprint density at radius 3 is 2.38 bits per heavy atom. The van der Waals surface area contributed by atoms with Crippen LogP contribution in [0.1, 0.15) is 31.5 Å². The van der Waals surface area contributed by atoms with Crippen molar-refractivity contribution in [2.75, 3.05) is 19.5 Å². The zero-order chi connectivity index (χ0) is 12.3. The highest BCUT2D eigenvalue weighted by atomic mass is 19.1. The van der Waals surface area contributed by atoms with Crippen molar-refractivity contribution in [3.8, 4) is 0 Å². The van der Waals surface area contributed by atoms with Crippen LogP contribution in [0.5, 0.6) is 0 Å². The van der Waals surface area contributed by atoms with Gasteiger partial charge in [-0.2, -0.15) is 0 Å². The van der Waals surface area contributed by atoms with Crippen LogP contribution in [0.4, 0.5) is 10.2 Å². The number of halogens is 1. The van der Waals surface area contributed by atoms with Crippen molar-refractivity contribution >= 4 is 5.82 Å². The third-order valence-corrected chi connectivity index (χ3v) is 2.38. The van der Waals surface area contributed by atoms with E-state index >= 15 is 0 Å². The van der Waals surface area contributed by atoms with Crippen LogP contribution < -0.4 is 5.32 Å². The Balaban J connectivity index is 3.19.